The van der Waals surface area contributed by atoms with Crippen LogP contribution in [0.2, 0.25) is 0 Å². The Morgan fingerprint density at radius 2 is 2.00 bits per heavy atom. The number of halogens is 1. The number of nitrogens with two attached hydrogens (primary N) is 1. The molecule has 4 nitrogen and oxygen atoms in total. The van der Waals surface area contributed by atoms with Crippen LogP contribution in [0.25, 0.3) is 0 Å². The van der Waals surface area contributed by atoms with Crippen molar-refractivity contribution in [1.82, 2.24) is 10.3 Å². The summed E-state index contributed by atoms with van der Waals surface area (Å²) in [6.45, 7) is 0.0131. The van der Waals surface area contributed by atoms with E-state index in [2.05, 4.69) is 10.3 Å². The van der Waals surface area contributed by atoms with Gasteiger partial charge in [-0.1, -0.05) is 18.2 Å². The van der Waals surface area contributed by atoms with Crippen molar-refractivity contribution in [2.75, 3.05) is 5.73 Å². The van der Waals surface area contributed by atoms with Crippen LogP contribution in [-0.4, -0.2) is 10.9 Å². The number of nitrogen functional groups attached to an aromatic ring is 1. The van der Waals surface area contributed by atoms with Gasteiger partial charge in [-0.15, -0.1) is 0 Å². The summed E-state index contributed by atoms with van der Waals surface area (Å²) in [7, 11) is 0. The van der Waals surface area contributed by atoms with Crippen molar-refractivity contribution in [3.05, 3.63) is 59.5 Å². The standard InChI is InChI=1S/C13H12FN3O/c14-11-6-7-16-12(15)10(11)8-17-13(18)9-4-2-1-3-5-9/h1-7H,8H2,(H2,15,16)(H,17,18). The third kappa shape index (κ3) is 2.63. The Hall–Kier alpha value is -2.43. The van der Waals surface area contributed by atoms with Crippen LogP contribution in [0.3, 0.4) is 0 Å². The summed E-state index contributed by atoms with van der Waals surface area (Å²) in [6, 6.07) is 9.90. The highest BCUT2D eigenvalue weighted by molar-refractivity contribution is 5.94. The molecule has 5 heteroatoms. The number of amides is 1. The van der Waals surface area contributed by atoms with E-state index in [4.69, 9.17) is 5.73 Å². The van der Waals surface area contributed by atoms with Gasteiger partial charge in [0.15, 0.2) is 0 Å². The molecule has 2 rings (SSSR count). The summed E-state index contributed by atoms with van der Waals surface area (Å²) in [4.78, 5) is 15.5. The Morgan fingerprint density at radius 1 is 1.28 bits per heavy atom. The predicted molar refractivity (Wildman–Crippen MR) is 66.2 cm³/mol. The molecule has 0 saturated heterocycles. The number of aromatic nitrogens is 1. The minimum Gasteiger partial charge on any atom is -0.383 e. The second kappa shape index (κ2) is 5.27. The number of hydrogen-bond acceptors (Lipinski definition) is 3. The molecule has 0 fully saturated rings. The first kappa shape index (κ1) is 12.0. The molecule has 0 atom stereocenters. The Labute approximate surface area is 104 Å². The maximum atomic E-state index is 13.4. The number of benzene rings is 1. The number of nitrogens with zero attached hydrogens (tertiary/aromatic N) is 1. The number of hydrogen-bond donors (Lipinski definition) is 2. The van der Waals surface area contributed by atoms with Gasteiger partial charge >= 0.3 is 0 Å². The van der Waals surface area contributed by atoms with Gasteiger partial charge in [0.25, 0.3) is 5.91 Å². The van der Waals surface area contributed by atoms with Gasteiger partial charge in [0, 0.05) is 23.9 Å². The Bertz CT molecular complexity index is 537. The Morgan fingerprint density at radius 3 is 2.67 bits per heavy atom. The van der Waals surface area contributed by atoms with Crippen molar-refractivity contribution in [2.24, 2.45) is 0 Å². The van der Waals surface area contributed by atoms with E-state index in [1.54, 1.807) is 24.3 Å². The van der Waals surface area contributed by atoms with Gasteiger partial charge in [-0.05, 0) is 18.2 Å². The summed E-state index contributed by atoms with van der Waals surface area (Å²) in [5.41, 5.74) is 6.25. The van der Waals surface area contributed by atoms with E-state index < -0.39 is 5.82 Å². The first-order valence-electron chi connectivity index (χ1n) is 5.40. The molecule has 0 spiro atoms. The summed E-state index contributed by atoms with van der Waals surface area (Å²) in [5.74, 6) is -0.669. The molecule has 3 N–H and O–H groups in total. The maximum Gasteiger partial charge on any atom is 0.251 e. The van der Waals surface area contributed by atoms with E-state index >= 15 is 0 Å². The van der Waals surface area contributed by atoms with Crippen LogP contribution in [0.5, 0.6) is 0 Å². The van der Waals surface area contributed by atoms with E-state index in [0.29, 0.717) is 5.56 Å². The van der Waals surface area contributed by atoms with Crippen LogP contribution in [0.1, 0.15) is 15.9 Å². The highest BCUT2D eigenvalue weighted by Gasteiger charge is 2.09. The van der Waals surface area contributed by atoms with Crippen LogP contribution >= 0.6 is 0 Å². The molecular weight excluding hydrogens is 233 g/mol. The first-order valence-corrected chi connectivity index (χ1v) is 5.40. The topological polar surface area (TPSA) is 68.0 Å². The molecule has 0 unspecified atom stereocenters. The van der Waals surface area contributed by atoms with Crippen LogP contribution in [-0.2, 0) is 6.54 Å². The molecule has 1 amide bonds. The van der Waals surface area contributed by atoms with Crippen molar-refractivity contribution in [3.63, 3.8) is 0 Å². The number of rotatable bonds is 3. The summed E-state index contributed by atoms with van der Waals surface area (Å²) >= 11 is 0. The second-order valence-corrected chi connectivity index (χ2v) is 3.71. The smallest absolute Gasteiger partial charge is 0.251 e. The summed E-state index contributed by atoms with van der Waals surface area (Å²) in [5, 5.41) is 2.60. The molecule has 2 aromatic rings. The molecule has 0 bridgehead atoms. The zero-order valence-electron chi connectivity index (χ0n) is 9.56. The monoisotopic (exact) mass is 245 g/mol. The fourth-order valence-corrected chi connectivity index (χ4v) is 1.52. The van der Waals surface area contributed by atoms with Gasteiger partial charge in [0.1, 0.15) is 11.6 Å². The Balaban J connectivity index is 2.07. The van der Waals surface area contributed by atoms with Crippen LogP contribution in [0.4, 0.5) is 10.2 Å². The second-order valence-electron chi connectivity index (χ2n) is 3.71. The number of carbonyl (C=O) groups is 1. The molecule has 1 heterocycles. The minimum atomic E-state index is -0.476. The van der Waals surface area contributed by atoms with Gasteiger partial charge in [-0.3, -0.25) is 4.79 Å². The van der Waals surface area contributed by atoms with Crippen molar-refractivity contribution in [1.29, 1.82) is 0 Å². The van der Waals surface area contributed by atoms with Crippen LogP contribution < -0.4 is 11.1 Å². The number of carbonyl (C=O) groups excluding carboxylic acids is 1. The number of pyridine rings is 1. The first-order chi connectivity index (χ1) is 8.68. The minimum absolute atomic E-state index is 0.0131. The van der Waals surface area contributed by atoms with E-state index in [1.165, 1.54) is 12.3 Å². The van der Waals surface area contributed by atoms with Gasteiger partial charge in [-0.25, -0.2) is 9.37 Å². The van der Waals surface area contributed by atoms with Gasteiger partial charge in [0.2, 0.25) is 0 Å². The lowest BCUT2D eigenvalue weighted by molar-refractivity contribution is 0.0950. The van der Waals surface area contributed by atoms with Crippen LogP contribution in [0.15, 0.2) is 42.6 Å². The van der Waals surface area contributed by atoms with Crippen molar-refractivity contribution in [2.45, 2.75) is 6.54 Å². The lowest BCUT2D eigenvalue weighted by Crippen LogP contribution is -2.24. The molecule has 0 aliphatic carbocycles. The summed E-state index contributed by atoms with van der Waals surface area (Å²) in [6.07, 6.45) is 1.28. The van der Waals surface area contributed by atoms with Gasteiger partial charge in [-0.2, -0.15) is 0 Å². The van der Waals surface area contributed by atoms with Gasteiger partial charge in [0.05, 0.1) is 0 Å². The third-order valence-electron chi connectivity index (χ3n) is 2.49. The summed E-state index contributed by atoms with van der Waals surface area (Å²) < 4.78 is 13.4. The number of nitrogens with one attached hydrogen (secondary N) is 1. The zero-order valence-corrected chi connectivity index (χ0v) is 9.56. The van der Waals surface area contributed by atoms with Crippen LogP contribution in [0, 0.1) is 5.82 Å². The highest BCUT2D eigenvalue weighted by Crippen LogP contribution is 2.12. The zero-order chi connectivity index (χ0) is 13.0. The molecule has 0 aliphatic heterocycles. The van der Waals surface area contributed by atoms with Crippen molar-refractivity contribution < 1.29 is 9.18 Å². The number of anilines is 1. The van der Waals surface area contributed by atoms with Gasteiger partial charge < -0.3 is 11.1 Å². The van der Waals surface area contributed by atoms with Crippen molar-refractivity contribution in [3.8, 4) is 0 Å². The van der Waals surface area contributed by atoms with E-state index in [0.717, 1.165) is 0 Å². The van der Waals surface area contributed by atoms with E-state index in [1.807, 2.05) is 6.07 Å². The SMILES string of the molecule is Nc1nccc(F)c1CNC(=O)c1ccccc1. The third-order valence-corrected chi connectivity index (χ3v) is 2.49. The predicted octanol–water partition coefficient (Wildman–Crippen LogP) is 1.73. The largest absolute Gasteiger partial charge is 0.383 e. The average Bonchev–Trinajstić information content (AvgIpc) is 2.39. The lowest BCUT2D eigenvalue weighted by atomic mass is 10.2. The maximum absolute atomic E-state index is 13.4. The molecule has 0 aliphatic rings. The van der Waals surface area contributed by atoms with Crippen molar-refractivity contribution >= 4 is 11.7 Å². The molecule has 0 radical (unpaired) electrons. The normalized spacial score (nSPS) is 10.1. The fourth-order valence-electron chi connectivity index (χ4n) is 1.52. The Kier molecular flexibility index (Phi) is 3.52. The molecule has 0 saturated carbocycles. The molecule has 1 aromatic carbocycles. The highest BCUT2D eigenvalue weighted by atomic mass is 19.1. The molecule has 18 heavy (non-hydrogen) atoms. The quantitative estimate of drug-likeness (QED) is 0.865. The lowest BCUT2D eigenvalue weighted by Gasteiger charge is -2.08. The fraction of sp³-hybridized carbons (Fsp3) is 0.0769. The van der Waals surface area contributed by atoms with E-state index in [9.17, 15) is 9.18 Å². The molecule has 1 aromatic heterocycles. The molecular formula is C13H12FN3O. The molecule has 92 valence electrons. The van der Waals surface area contributed by atoms with E-state index in [-0.39, 0.29) is 23.8 Å². The average molecular weight is 245 g/mol.